The van der Waals surface area contributed by atoms with Gasteiger partial charge in [-0.1, -0.05) is 50.6 Å². The van der Waals surface area contributed by atoms with Crippen molar-refractivity contribution in [2.75, 3.05) is 0 Å². The normalized spacial score (nSPS) is 15.9. The van der Waals surface area contributed by atoms with Crippen molar-refractivity contribution in [3.8, 4) is 0 Å². The number of imidazole rings is 1. The van der Waals surface area contributed by atoms with Gasteiger partial charge in [-0.2, -0.15) is 0 Å². The van der Waals surface area contributed by atoms with Crippen LogP contribution in [0.2, 0.25) is 0 Å². The molecule has 3 amide bonds. The van der Waals surface area contributed by atoms with E-state index in [-0.39, 0.29) is 18.8 Å². The van der Waals surface area contributed by atoms with Crippen LogP contribution in [0, 0.1) is 5.92 Å². The van der Waals surface area contributed by atoms with Gasteiger partial charge in [-0.05, 0) is 24.8 Å². The number of aliphatic hydroxyl groups excluding tert-OH is 1. The number of nitrogens with zero attached hydrogens (tertiary/aromatic N) is 1. The van der Waals surface area contributed by atoms with Crippen LogP contribution in [0.1, 0.15) is 38.4 Å². The number of nitrogens with two attached hydrogens (primary N) is 1. The second-order valence-electron chi connectivity index (χ2n) is 9.08. The minimum Gasteiger partial charge on any atom is -0.480 e. The lowest BCUT2D eigenvalue weighted by Crippen LogP contribution is -2.61. The number of aliphatic carboxylic acids is 1. The number of aromatic nitrogens is 2. The summed E-state index contributed by atoms with van der Waals surface area (Å²) >= 11 is 0. The van der Waals surface area contributed by atoms with Gasteiger partial charge in [0.2, 0.25) is 17.7 Å². The number of benzene rings is 1. The Labute approximate surface area is 215 Å². The molecule has 2 aromatic rings. The van der Waals surface area contributed by atoms with Crippen LogP contribution >= 0.6 is 0 Å². The Hall–Kier alpha value is -3.77. The molecule has 0 aliphatic heterocycles. The maximum atomic E-state index is 13.1. The summed E-state index contributed by atoms with van der Waals surface area (Å²) in [5.74, 6) is -3.77. The molecular formula is C25H36N6O6. The number of aliphatic hydroxyl groups is 1. The van der Waals surface area contributed by atoms with Crippen LogP contribution in [0.4, 0.5) is 0 Å². The van der Waals surface area contributed by atoms with Gasteiger partial charge >= 0.3 is 5.97 Å². The van der Waals surface area contributed by atoms with Gasteiger partial charge in [0.05, 0.1) is 18.5 Å². The molecule has 6 unspecified atom stereocenters. The van der Waals surface area contributed by atoms with Gasteiger partial charge in [0.15, 0.2) is 0 Å². The molecule has 6 atom stereocenters. The Bertz CT molecular complexity index is 1030. The summed E-state index contributed by atoms with van der Waals surface area (Å²) in [6.45, 7) is 4.87. The van der Waals surface area contributed by atoms with Gasteiger partial charge in [-0.15, -0.1) is 0 Å². The Morgan fingerprint density at radius 2 is 1.59 bits per heavy atom. The van der Waals surface area contributed by atoms with Gasteiger partial charge in [-0.25, -0.2) is 9.78 Å². The fraction of sp³-hybridized carbons (Fsp3) is 0.480. The van der Waals surface area contributed by atoms with Crippen LogP contribution in [-0.4, -0.2) is 74.1 Å². The van der Waals surface area contributed by atoms with Gasteiger partial charge in [0.1, 0.15) is 18.1 Å². The molecule has 37 heavy (non-hydrogen) atoms. The van der Waals surface area contributed by atoms with Gasteiger partial charge < -0.3 is 36.9 Å². The van der Waals surface area contributed by atoms with E-state index in [2.05, 4.69) is 25.9 Å². The highest BCUT2D eigenvalue weighted by Gasteiger charge is 2.34. The smallest absolute Gasteiger partial charge is 0.326 e. The molecule has 1 aromatic heterocycles. The molecule has 12 heteroatoms. The predicted octanol–water partition coefficient (Wildman–Crippen LogP) is -0.512. The SMILES string of the molecule is CCC(C)C(NC(=O)C(NC(=O)C(N)Cc1ccccc1)C(C)O)C(=O)NC(Cc1cnc[nH]1)C(=O)O. The number of carboxylic acids is 1. The molecule has 2 rings (SSSR count). The minimum absolute atomic E-state index is 0.0338. The standard InChI is InChI=1S/C25H36N6O6/c1-4-14(2)20(23(34)29-19(25(36)37)11-17-12-27-13-28-17)30-24(35)21(15(3)32)31-22(33)18(26)10-16-8-6-5-7-9-16/h5-9,12-15,18-21,32H,4,10-11,26H2,1-3H3,(H,27,28)(H,29,34)(H,30,35)(H,31,33)(H,36,37). The van der Waals surface area contributed by atoms with E-state index in [0.29, 0.717) is 12.1 Å². The number of H-pyrrole nitrogens is 1. The first kappa shape index (κ1) is 29.5. The monoisotopic (exact) mass is 516 g/mol. The van der Waals surface area contributed by atoms with E-state index >= 15 is 0 Å². The van der Waals surface area contributed by atoms with E-state index in [0.717, 1.165) is 5.56 Å². The summed E-state index contributed by atoms with van der Waals surface area (Å²) in [6, 6.07) is 4.38. The van der Waals surface area contributed by atoms with E-state index in [1.54, 1.807) is 6.92 Å². The fourth-order valence-electron chi connectivity index (χ4n) is 3.65. The molecule has 0 aliphatic rings. The number of rotatable bonds is 14. The third-order valence-corrected chi connectivity index (χ3v) is 6.08. The summed E-state index contributed by atoms with van der Waals surface area (Å²) < 4.78 is 0. The van der Waals surface area contributed by atoms with Crippen molar-refractivity contribution in [2.45, 2.75) is 70.3 Å². The lowest BCUT2D eigenvalue weighted by molar-refractivity contribution is -0.142. The molecule has 0 radical (unpaired) electrons. The van der Waals surface area contributed by atoms with E-state index in [1.807, 2.05) is 37.3 Å². The molecule has 0 fully saturated rings. The Morgan fingerprint density at radius 3 is 2.14 bits per heavy atom. The van der Waals surface area contributed by atoms with Gasteiger partial charge in [-0.3, -0.25) is 14.4 Å². The quantitative estimate of drug-likeness (QED) is 0.174. The fourth-order valence-corrected chi connectivity index (χ4v) is 3.65. The highest BCUT2D eigenvalue weighted by molar-refractivity contribution is 5.94. The first-order valence-electron chi connectivity index (χ1n) is 12.1. The van der Waals surface area contributed by atoms with Crippen molar-refractivity contribution in [2.24, 2.45) is 11.7 Å². The molecule has 0 bridgehead atoms. The highest BCUT2D eigenvalue weighted by Crippen LogP contribution is 2.11. The van der Waals surface area contributed by atoms with E-state index in [4.69, 9.17) is 5.73 Å². The summed E-state index contributed by atoms with van der Waals surface area (Å²) in [6.07, 6.45) is 2.24. The topological polar surface area (TPSA) is 200 Å². The van der Waals surface area contributed by atoms with Crippen LogP contribution in [0.25, 0.3) is 0 Å². The number of aromatic amines is 1. The predicted molar refractivity (Wildman–Crippen MR) is 135 cm³/mol. The lowest BCUT2D eigenvalue weighted by Gasteiger charge is -2.29. The molecule has 12 nitrogen and oxygen atoms in total. The second kappa shape index (κ2) is 14.1. The Balaban J connectivity index is 2.09. The average Bonchev–Trinajstić information content (AvgIpc) is 3.38. The molecular weight excluding hydrogens is 480 g/mol. The summed E-state index contributed by atoms with van der Waals surface area (Å²) in [5, 5.41) is 27.3. The largest absolute Gasteiger partial charge is 0.480 e. The van der Waals surface area contributed by atoms with Gasteiger partial charge in [0.25, 0.3) is 0 Å². The first-order valence-corrected chi connectivity index (χ1v) is 12.1. The van der Waals surface area contributed by atoms with E-state index in [9.17, 15) is 29.4 Å². The van der Waals surface area contributed by atoms with Crippen molar-refractivity contribution in [3.05, 3.63) is 54.1 Å². The zero-order valence-corrected chi connectivity index (χ0v) is 21.2. The van der Waals surface area contributed by atoms with E-state index < -0.39 is 54.0 Å². The summed E-state index contributed by atoms with van der Waals surface area (Å²) in [4.78, 5) is 57.2. The molecule has 0 saturated heterocycles. The summed E-state index contributed by atoms with van der Waals surface area (Å²) in [5.41, 5.74) is 7.35. The number of hydrogen-bond acceptors (Lipinski definition) is 7. The number of carboxylic acid groups (broad SMARTS) is 1. The van der Waals surface area contributed by atoms with Gasteiger partial charge in [0, 0.05) is 18.3 Å². The van der Waals surface area contributed by atoms with Crippen LogP contribution in [-0.2, 0) is 32.0 Å². The third-order valence-electron chi connectivity index (χ3n) is 6.08. The molecule has 0 saturated carbocycles. The number of amides is 3. The highest BCUT2D eigenvalue weighted by atomic mass is 16.4. The maximum Gasteiger partial charge on any atom is 0.326 e. The van der Waals surface area contributed by atoms with Crippen molar-refractivity contribution >= 4 is 23.7 Å². The molecule has 1 aromatic carbocycles. The van der Waals surface area contributed by atoms with Crippen molar-refractivity contribution in [1.29, 1.82) is 0 Å². The molecule has 1 heterocycles. The number of carbonyl (C=O) groups is 4. The van der Waals surface area contributed by atoms with Crippen LogP contribution in [0.15, 0.2) is 42.9 Å². The molecule has 0 aliphatic carbocycles. The zero-order valence-electron chi connectivity index (χ0n) is 21.2. The van der Waals surface area contributed by atoms with E-state index in [1.165, 1.54) is 19.4 Å². The summed E-state index contributed by atoms with van der Waals surface area (Å²) in [7, 11) is 0. The average molecular weight is 517 g/mol. The first-order chi connectivity index (χ1) is 17.5. The van der Waals surface area contributed by atoms with Crippen molar-refractivity contribution in [1.82, 2.24) is 25.9 Å². The molecule has 8 N–H and O–H groups in total. The molecule has 0 spiro atoms. The zero-order chi connectivity index (χ0) is 27.5. The molecule has 202 valence electrons. The van der Waals surface area contributed by atoms with Crippen molar-refractivity contribution in [3.63, 3.8) is 0 Å². The van der Waals surface area contributed by atoms with Crippen LogP contribution in [0.3, 0.4) is 0 Å². The maximum absolute atomic E-state index is 13.1. The van der Waals surface area contributed by atoms with Crippen LogP contribution in [0.5, 0.6) is 0 Å². The number of carbonyl (C=O) groups excluding carboxylic acids is 3. The van der Waals surface area contributed by atoms with Crippen LogP contribution < -0.4 is 21.7 Å². The lowest BCUT2D eigenvalue weighted by atomic mass is 9.96. The van der Waals surface area contributed by atoms with Crippen molar-refractivity contribution < 1.29 is 29.4 Å². The third kappa shape index (κ3) is 8.99. The minimum atomic E-state index is -1.38. The number of hydrogen-bond donors (Lipinski definition) is 7. The Kier molecular flexibility index (Phi) is 11.2. The Morgan fingerprint density at radius 1 is 0.973 bits per heavy atom. The number of nitrogens with one attached hydrogen (secondary N) is 4. The second-order valence-corrected chi connectivity index (χ2v) is 9.08.